The Morgan fingerprint density at radius 1 is 1.31 bits per heavy atom. The summed E-state index contributed by atoms with van der Waals surface area (Å²) in [6, 6.07) is 6.77. The van der Waals surface area contributed by atoms with Crippen LogP contribution in [0.25, 0.3) is 0 Å². The molecule has 0 saturated carbocycles. The zero-order chi connectivity index (χ0) is 18.5. The van der Waals surface area contributed by atoms with Crippen LogP contribution in [0.2, 0.25) is 0 Å². The number of halogens is 1. The first-order valence-corrected chi connectivity index (χ1v) is 10.8. The summed E-state index contributed by atoms with van der Waals surface area (Å²) >= 11 is 3.42. The molecule has 0 aliphatic carbocycles. The highest BCUT2D eigenvalue weighted by Crippen LogP contribution is 2.43. The van der Waals surface area contributed by atoms with E-state index in [1.807, 2.05) is 12.1 Å². The second-order valence-electron chi connectivity index (χ2n) is 6.62. The molecular weight excluding hydrogens is 420 g/mol. The van der Waals surface area contributed by atoms with E-state index in [0.717, 1.165) is 18.4 Å². The van der Waals surface area contributed by atoms with Crippen molar-refractivity contribution in [2.45, 2.75) is 37.1 Å². The van der Waals surface area contributed by atoms with Gasteiger partial charge < -0.3 is 9.32 Å². The van der Waals surface area contributed by atoms with Gasteiger partial charge in [0.25, 0.3) is 0 Å². The van der Waals surface area contributed by atoms with Gasteiger partial charge >= 0.3 is 0 Å². The van der Waals surface area contributed by atoms with E-state index < -0.39 is 10.0 Å². The van der Waals surface area contributed by atoms with E-state index in [1.54, 1.807) is 23.3 Å². The van der Waals surface area contributed by atoms with Crippen LogP contribution in [-0.4, -0.2) is 31.7 Å². The average molecular weight is 439 g/mol. The van der Waals surface area contributed by atoms with E-state index in [1.165, 1.54) is 11.2 Å². The summed E-state index contributed by atoms with van der Waals surface area (Å²) < 4.78 is 34.8. The van der Waals surface area contributed by atoms with Crippen LogP contribution in [0.3, 0.4) is 0 Å². The SMILES string of the molecule is CC(=O)N1CCc2cc(Br)cc(S(=O)(=O)N3CCC[C@H]3c3ccco3)c21. The van der Waals surface area contributed by atoms with Gasteiger partial charge in [-0.25, -0.2) is 8.42 Å². The number of rotatable bonds is 3. The third-order valence-corrected chi connectivity index (χ3v) is 7.41. The van der Waals surface area contributed by atoms with Gasteiger partial charge in [0, 0.05) is 24.5 Å². The largest absolute Gasteiger partial charge is 0.468 e. The minimum atomic E-state index is -3.78. The lowest BCUT2D eigenvalue weighted by molar-refractivity contribution is -0.116. The Morgan fingerprint density at radius 2 is 2.12 bits per heavy atom. The topological polar surface area (TPSA) is 70.8 Å². The normalized spacial score (nSPS) is 20.5. The lowest BCUT2D eigenvalue weighted by Crippen LogP contribution is -2.33. The van der Waals surface area contributed by atoms with Gasteiger partial charge in [-0.3, -0.25) is 4.79 Å². The minimum absolute atomic E-state index is 0.147. The fourth-order valence-corrected chi connectivity index (χ4v) is 6.48. The number of sulfonamides is 1. The average Bonchev–Trinajstić information content (AvgIpc) is 3.32. The van der Waals surface area contributed by atoms with Crippen molar-refractivity contribution in [1.29, 1.82) is 0 Å². The Hall–Kier alpha value is -1.64. The van der Waals surface area contributed by atoms with Gasteiger partial charge in [0.05, 0.1) is 18.0 Å². The predicted octanol–water partition coefficient (Wildman–Crippen LogP) is 3.48. The second kappa shape index (κ2) is 6.51. The minimum Gasteiger partial charge on any atom is -0.468 e. The molecule has 4 rings (SSSR count). The maximum Gasteiger partial charge on any atom is 0.245 e. The van der Waals surface area contributed by atoms with Crippen molar-refractivity contribution in [3.8, 4) is 0 Å². The van der Waals surface area contributed by atoms with Crippen molar-refractivity contribution in [3.63, 3.8) is 0 Å². The van der Waals surface area contributed by atoms with Crippen molar-refractivity contribution in [2.75, 3.05) is 18.0 Å². The summed E-state index contributed by atoms with van der Waals surface area (Å²) in [4.78, 5) is 13.8. The number of hydrogen-bond acceptors (Lipinski definition) is 4. The zero-order valence-corrected chi connectivity index (χ0v) is 16.7. The zero-order valence-electron chi connectivity index (χ0n) is 14.3. The van der Waals surface area contributed by atoms with Gasteiger partial charge in [0.1, 0.15) is 10.7 Å². The van der Waals surface area contributed by atoms with E-state index in [0.29, 0.717) is 35.4 Å². The Bertz CT molecular complexity index is 956. The molecule has 0 radical (unpaired) electrons. The van der Waals surface area contributed by atoms with Crippen LogP contribution < -0.4 is 4.90 Å². The van der Waals surface area contributed by atoms with Crippen LogP contribution in [0.1, 0.15) is 37.1 Å². The van der Waals surface area contributed by atoms with Gasteiger partial charge in [-0.2, -0.15) is 4.31 Å². The second-order valence-corrected chi connectivity index (χ2v) is 9.40. The lowest BCUT2D eigenvalue weighted by Gasteiger charge is -2.26. The van der Waals surface area contributed by atoms with Crippen LogP contribution >= 0.6 is 15.9 Å². The highest BCUT2D eigenvalue weighted by molar-refractivity contribution is 9.10. The molecule has 26 heavy (non-hydrogen) atoms. The Morgan fingerprint density at radius 3 is 2.81 bits per heavy atom. The molecule has 1 saturated heterocycles. The molecule has 1 atom stereocenters. The highest BCUT2D eigenvalue weighted by Gasteiger charge is 2.41. The number of hydrogen-bond donors (Lipinski definition) is 0. The van der Waals surface area contributed by atoms with Crippen molar-refractivity contribution < 1.29 is 17.6 Å². The van der Waals surface area contributed by atoms with E-state index in [2.05, 4.69) is 15.9 Å². The third kappa shape index (κ3) is 2.80. The standard InChI is InChI=1S/C18H19BrN2O4S/c1-12(22)20-8-6-13-10-14(19)11-17(18(13)20)26(23,24)21-7-2-4-15(21)16-5-3-9-25-16/h3,5,9-11,15H,2,4,6-8H2,1H3/t15-/m0/s1. The van der Waals surface area contributed by atoms with Gasteiger partial charge in [-0.1, -0.05) is 15.9 Å². The number of benzene rings is 1. The van der Waals surface area contributed by atoms with Gasteiger partial charge in [0.2, 0.25) is 15.9 Å². The first kappa shape index (κ1) is 17.8. The van der Waals surface area contributed by atoms with Crippen molar-refractivity contribution in [1.82, 2.24) is 4.31 Å². The summed E-state index contributed by atoms with van der Waals surface area (Å²) in [6.45, 7) is 2.41. The van der Waals surface area contributed by atoms with Crippen LogP contribution in [0.5, 0.6) is 0 Å². The van der Waals surface area contributed by atoms with Crippen LogP contribution in [0, 0.1) is 0 Å². The molecule has 1 amide bonds. The fourth-order valence-electron chi connectivity index (χ4n) is 3.90. The number of carbonyl (C=O) groups is 1. The number of carbonyl (C=O) groups excluding carboxylic acids is 1. The third-order valence-electron chi connectivity index (χ3n) is 5.04. The summed E-state index contributed by atoms with van der Waals surface area (Å²) in [5.74, 6) is 0.507. The fraction of sp³-hybridized carbons (Fsp3) is 0.389. The molecule has 3 heterocycles. The number of anilines is 1. The van der Waals surface area contributed by atoms with Gasteiger partial charge in [-0.15, -0.1) is 0 Å². The quantitative estimate of drug-likeness (QED) is 0.735. The molecule has 8 heteroatoms. The number of nitrogens with zero attached hydrogens (tertiary/aromatic N) is 2. The Kier molecular flexibility index (Phi) is 4.45. The number of fused-ring (bicyclic) bond motifs is 1. The molecule has 2 aliphatic rings. The summed E-state index contributed by atoms with van der Waals surface area (Å²) in [5.41, 5.74) is 1.40. The molecule has 2 aliphatic heterocycles. The Balaban J connectivity index is 1.83. The predicted molar refractivity (Wildman–Crippen MR) is 100 cm³/mol. The number of furan rings is 1. The van der Waals surface area contributed by atoms with Gasteiger partial charge in [-0.05, 0) is 49.1 Å². The first-order valence-electron chi connectivity index (χ1n) is 8.55. The maximum atomic E-state index is 13.5. The molecular formula is C18H19BrN2O4S. The van der Waals surface area contributed by atoms with Crippen LogP contribution in [-0.2, 0) is 21.2 Å². The molecule has 0 N–H and O–H groups in total. The van der Waals surface area contributed by atoms with E-state index >= 15 is 0 Å². The molecule has 6 nitrogen and oxygen atoms in total. The van der Waals surface area contributed by atoms with E-state index in [9.17, 15) is 13.2 Å². The molecule has 0 bridgehead atoms. The summed E-state index contributed by atoms with van der Waals surface area (Å²) in [6.07, 6.45) is 3.71. The van der Waals surface area contributed by atoms with Crippen molar-refractivity contribution in [3.05, 3.63) is 46.3 Å². The van der Waals surface area contributed by atoms with E-state index in [-0.39, 0.29) is 16.8 Å². The highest BCUT2D eigenvalue weighted by atomic mass is 79.9. The van der Waals surface area contributed by atoms with Crippen molar-refractivity contribution >= 4 is 37.5 Å². The Labute approximate surface area is 161 Å². The smallest absolute Gasteiger partial charge is 0.245 e. The van der Waals surface area contributed by atoms with Crippen LogP contribution in [0.4, 0.5) is 5.69 Å². The van der Waals surface area contributed by atoms with Crippen molar-refractivity contribution in [2.24, 2.45) is 0 Å². The molecule has 1 aromatic heterocycles. The molecule has 1 fully saturated rings. The molecule has 0 unspecified atom stereocenters. The van der Waals surface area contributed by atoms with Gasteiger partial charge in [0.15, 0.2) is 0 Å². The summed E-state index contributed by atoms with van der Waals surface area (Å²) in [5, 5.41) is 0. The summed E-state index contributed by atoms with van der Waals surface area (Å²) in [7, 11) is -3.78. The molecule has 2 aromatic rings. The number of amides is 1. The monoisotopic (exact) mass is 438 g/mol. The molecule has 1 aromatic carbocycles. The van der Waals surface area contributed by atoms with E-state index in [4.69, 9.17) is 4.42 Å². The van der Waals surface area contributed by atoms with Crippen LogP contribution in [0.15, 0.2) is 44.3 Å². The maximum absolute atomic E-state index is 13.5. The molecule has 0 spiro atoms. The first-order chi connectivity index (χ1) is 12.4. The molecule has 138 valence electrons. The lowest BCUT2D eigenvalue weighted by atomic mass is 10.2.